The predicted molar refractivity (Wildman–Crippen MR) is 120 cm³/mol. The van der Waals surface area contributed by atoms with Gasteiger partial charge in [0.15, 0.2) is 0 Å². The van der Waals surface area contributed by atoms with Crippen LogP contribution in [0.2, 0.25) is 0 Å². The van der Waals surface area contributed by atoms with Gasteiger partial charge in [-0.3, -0.25) is 14.4 Å². The zero-order valence-corrected chi connectivity index (χ0v) is 18.3. The Morgan fingerprint density at radius 3 is 2.07 bits per heavy atom. The number of hydrogen-bond acceptors (Lipinski definition) is 4. The van der Waals surface area contributed by atoms with Crippen LogP contribution < -0.4 is 16.1 Å². The van der Waals surface area contributed by atoms with Crippen LogP contribution in [0.4, 0.5) is 11.4 Å². The van der Waals surface area contributed by atoms with Gasteiger partial charge < -0.3 is 10.6 Å². The second kappa shape index (κ2) is 9.82. The van der Waals surface area contributed by atoms with Crippen LogP contribution in [0.15, 0.2) is 35.4 Å². The van der Waals surface area contributed by atoms with Crippen molar-refractivity contribution >= 4 is 34.8 Å². The van der Waals surface area contributed by atoms with Gasteiger partial charge >= 0.3 is 11.8 Å². The lowest BCUT2D eigenvalue weighted by atomic mass is 10.0. The quantitative estimate of drug-likeness (QED) is 0.400. The molecule has 0 heterocycles. The molecule has 0 aliphatic rings. The third-order valence-electron chi connectivity index (χ3n) is 4.55. The molecule has 0 unspecified atom stereocenters. The van der Waals surface area contributed by atoms with Crippen molar-refractivity contribution < 1.29 is 14.4 Å². The van der Waals surface area contributed by atoms with Gasteiger partial charge in [-0.1, -0.05) is 29.8 Å². The van der Waals surface area contributed by atoms with Gasteiger partial charge in [0.25, 0.3) is 0 Å². The Kier molecular flexibility index (Phi) is 7.47. The molecule has 0 spiro atoms. The lowest BCUT2D eigenvalue weighted by Gasteiger charge is -2.13. The minimum absolute atomic E-state index is 0.00829. The summed E-state index contributed by atoms with van der Waals surface area (Å²) >= 11 is 0. The Morgan fingerprint density at radius 2 is 1.43 bits per heavy atom. The standard InChI is InChI=1S/C23H28N4O3/c1-13-7-8-15(3)19(11-13)24-22(29)23(30)27-26-18(6)12-20(28)25-21-16(4)9-14(2)10-17(21)5/h7-11H,12H2,1-6H3,(H,24,29)(H,25,28)(H,27,30)/b26-18-. The fourth-order valence-corrected chi connectivity index (χ4v) is 3.08. The molecule has 7 heteroatoms. The highest BCUT2D eigenvalue weighted by Crippen LogP contribution is 2.22. The summed E-state index contributed by atoms with van der Waals surface area (Å²) in [5, 5.41) is 9.31. The highest BCUT2D eigenvalue weighted by molar-refractivity contribution is 6.39. The summed E-state index contributed by atoms with van der Waals surface area (Å²) in [4.78, 5) is 36.4. The summed E-state index contributed by atoms with van der Waals surface area (Å²) in [7, 11) is 0. The van der Waals surface area contributed by atoms with Crippen molar-refractivity contribution in [3.05, 3.63) is 58.1 Å². The maximum absolute atomic E-state index is 12.3. The Balaban J connectivity index is 1.92. The molecule has 30 heavy (non-hydrogen) atoms. The van der Waals surface area contributed by atoms with E-state index in [2.05, 4.69) is 21.2 Å². The van der Waals surface area contributed by atoms with Crippen LogP contribution in [0.1, 0.15) is 41.2 Å². The molecule has 158 valence electrons. The van der Waals surface area contributed by atoms with Gasteiger partial charge in [0, 0.05) is 17.1 Å². The lowest BCUT2D eigenvalue weighted by Crippen LogP contribution is -2.33. The topological polar surface area (TPSA) is 99.7 Å². The SMILES string of the molecule is C/C(CC(=O)Nc1c(C)cc(C)cc1C)=N/NC(=O)C(=O)Nc1cc(C)ccc1C. The predicted octanol–water partition coefficient (Wildman–Crippen LogP) is 3.69. The van der Waals surface area contributed by atoms with Gasteiger partial charge in [0.1, 0.15) is 0 Å². The average Bonchev–Trinajstić information content (AvgIpc) is 2.65. The van der Waals surface area contributed by atoms with E-state index >= 15 is 0 Å². The third-order valence-corrected chi connectivity index (χ3v) is 4.55. The highest BCUT2D eigenvalue weighted by Gasteiger charge is 2.15. The first kappa shape index (κ1) is 22.8. The number of aryl methyl sites for hydroxylation is 5. The highest BCUT2D eigenvalue weighted by atomic mass is 16.2. The molecule has 0 aliphatic carbocycles. The van der Waals surface area contributed by atoms with Crippen LogP contribution in [0.3, 0.4) is 0 Å². The number of carbonyl (C=O) groups excluding carboxylic acids is 3. The van der Waals surface area contributed by atoms with Crippen LogP contribution in [0.25, 0.3) is 0 Å². The van der Waals surface area contributed by atoms with Crippen LogP contribution in [-0.2, 0) is 14.4 Å². The maximum atomic E-state index is 12.3. The number of benzene rings is 2. The molecule has 0 saturated carbocycles. The van der Waals surface area contributed by atoms with Crippen molar-refractivity contribution in [2.75, 3.05) is 10.6 Å². The molecule has 0 aliphatic heterocycles. The van der Waals surface area contributed by atoms with Gasteiger partial charge in [-0.2, -0.15) is 5.10 Å². The third kappa shape index (κ3) is 6.27. The van der Waals surface area contributed by atoms with E-state index in [9.17, 15) is 14.4 Å². The van der Waals surface area contributed by atoms with Crippen LogP contribution in [0.5, 0.6) is 0 Å². The first-order valence-electron chi connectivity index (χ1n) is 9.66. The van der Waals surface area contributed by atoms with E-state index in [1.807, 2.05) is 58.9 Å². The maximum Gasteiger partial charge on any atom is 0.329 e. The monoisotopic (exact) mass is 408 g/mol. The van der Waals surface area contributed by atoms with E-state index in [1.54, 1.807) is 13.0 Å². The summed E-state index contributed by atoms with van der Waals surface area (Å²) in [6.07, 6.45) is -0.00829. The van der Waals surface area contributed by atoms with Gasteiger partial charge in [0.2, 0.25) is 5.91 Å². The molecule has 2 aromatic rings. The summed E-state index contributed by atoms with van der Waals surface area (Å²) in [6, 6.07) is 9.57. The Morgan fingerprint density at radius 1 is 0.800 bits per heavy atom. The van der Waals surface area contributed by atoms with Gasteiger partial charge in [-0.15, -0.1) is 0 Å². The largest absolute Gasteiger partial charge is 0.329 e. The van der Waals surface area contributed by atoms with Crippen molar-refractivity contribution in [3.8, 4) is 0 Å². The summed E-state index contributed by atoms with van der Waals surface area (Å²) in [6.45, 7) is 11.2. The molecule has 7 nitrogen and oxygen atoms in total. The van der Waals surface area contributed by atoms with E-state index in [0.717, 1.165) is 33.5 Å². The zero-order valence-electron chi connectivity index (χ0n) is 18.3. The Bertz CT molecular complexity index is 1000. The summed E-state index contributed by atoms with van der Waals surface area (Å²) in [5.41, 5.74) is 8.81. The smallest absolute Gasteiger partial charge is 0.325 e. The van der Waals surface area contributed by atoms with Gasteiger partial charge in [-0.05, 0) is 69.9 Å². The number of carbonyl (C=O) groups is 3. The number of anilines is 2. The number of amides is 3. The lowest BCUT2D eigenvalue weighted by molar-refractivity contribution is -0.136. The van der Waals surface area contributed by atoms with E-state index in [-0.39, 0.29) is 12.3 Å². The molecule has 0 atom stereocenters. The van der Waals surface area contributed by atoms with Crippen LogP contribution in [-0.4, -0.2) is 23.4 Å². The molecule has 0 radical (unpaired) electrons. The van der Waals surface area contributed by atoms with E-state index in [4.69, 9.17) is 0 Å². The normalized spacial score (nSPS) is 11.1. The van der Waals surface area contributed by atoms with Gasteiger partial charge in [-0.25, -0.2) is 5.43 Å². The van der Waals surface area contributed by atoms with E-state index in [0.29, 0.717) is 11.4 Å². The first-order valence-corrected chi connectivity index (χ1v) is 9.66. The van der Waals surface area contributed by atoms with Crippen molar-refractivity contribution in [3.63, 3.8) is 0 Å². The van der Waals surface area contributed by atoms with Crippen molar-refractivity contribution in [1.82, 2.24) is 5.43 Å². The molecular formula is C23H28N4O3. The molecular weight excluding hydrogens is 380 g/mol. The zero-order chi connectivity index (χ0) is 22.4. The molecule has 0 fully saturated rings. The van der Waals surface area contributed by atoms with Crippen LogP contribution >= 0.6 is 0 Å². The number of hydrogen-bond donors (Lipinski definition) is 3. The van der Waals surface area contributed by atoms with Crippen molar-refractivity contribution in [2.24, 2.45) is 5.10 Å². The molecule has 2 aromatic carbocycles. The number of nitrogens with one attached hydrogen (secondary N) is 3. The fourth-order valence-electron chi connectivity index (χ4n) is 3.08. The molecule has 0 bridgehead atoms. The molecule has 2 rings (SSSR count). The van der Waals surface area contributed by atoms with Crippen LogP contribution in [0, 0.1) is 34.6 Å². The molecule has 0 aromatic heterocycles. The minimum Gasteiger partial charge on any atom is -0.325 e. The van der Waals surface area contributed by atoms with Crippen molar-refractivity contribution in [2.45, 2.75) is 48.0 Å². The fraction of sp³-hybridized carbons (Fsp3) is 0.304. The number of rotatable bonds is 5. The summed E-state index contributed by atoms with van der Waals surface area (Å²) < 4.78 is 0. The average molecular weight is 409 g/mol. The molecule has 0 saturated heterocycles. The van der Waals surface area contributed by atoms with E-state index < -0.39 is 11.8 Å². The number of nitrogens with zero attached hydrogens (tertiary/aromatic N) is 1. The Labute approximate surface area is 177 Å². The van der Waals surface area contributed by atoms with Gasteiger partial charge in [0.05, 0.1) is 6.42 Å². The second-order valence-corrected chi connectivity index (χ2v) is 7.56. The van der Waals surface area contributed by atoms with Crippen molar-refractivity contribution in [1.29, 1.82) is 0 Å². The molecule has 3 amide bonds. The summed E-state index contributed by atoms with van der Waals surface area (Å²) in [5.74, 6) is -1.98. The Hall–Kier alpha value is -3.48. The van der Waals surface area contributed by atoms with E-state index in [1.165, 1.54) is 0 Å². The number of hydrazone groups is 1. The second-order valence-electron chi connectivity index (χ2n) is 7.56. The first-order chi connectivity index (χ1) is 14.1. The minimum atomic E-state index is -0.902. The molecule has 3 N–H and O–H groups in total.